The summed E-state index contributed by atoms with van der Waals surface area (Å²) >= 11 is 0. The highest BCUT2D eigenvalue weighted by Crippen LogP contribution is 2.29. The predicted octanol–water partition coefficient (Wildman–Crippen LogP) is 3.57. The van der Waals surface area contributed by atoms with Gasteiger partial charge in [-0.15, -0.1) is 0 Å². The number of aryl methyl sites for hydroxylation is 2. The Kier molecular flexibility index (Phi) is 4.53. The first-order chi connectivity index (χ1) is 11.8. The summed E-state index contributed by atoms with van der Waals surface area (Å²) < 4.78 is 27.0. The summed E-state index contributed by atoms with van der Waals surface area (Å²) in [5.41, 5.74) is 2.63. The molecule has 4 nitrogen and oxygen atoms in total. The van der Waals surface area contributed by atoms with E-state index in [1.54, 1.807) is 0 Å². The van der Waals surface area contributed by atoms with E-state index in [4.69, 9.17) is 0 Å². The van der Waals surface area contributed by atoms with Gasteiger partial charge in [-0.25, -0.2) is 8.78 Å². The lowest BCUT2D eigenvalue weighted by atomic mass is 10.1. The van der Waals surface area contributed by atoms with Crippen molar-refractivity contribution in [3.63, 3.8) is 0 Å². The third-order valence-corrected chi connectivity index (χ3v) is 4.35. The first kappa shape index (κ1) is 17.1. The summed E-state index contributed by atoms with van der Waals surface area (Å²) in [7, 11) is 0. The van der Waals surface area contributed by atoms with Crippen LogP contribution in [0.4, 0.5) is 20.2 Å². The molecule has 1 unspecified atom stereocenters. The van der Waals surface area contributed by atoms with Crippen LogP contribution in [-0.4, -0.2) is 18.4 Å². The molecule has 1 saturated heterocycles. The van der Waals surface area contributed by atoms with Crippen LogP contribution >= 0.6 is 0 Å². The lowest BCUT2D eigenvalue weighted by molar-refractivity contribution is -0.122. The Bertz CT molecular complexity index is 851. The number of nitrogens with zero attached hydrogens (tertiary/aromatic N) is 1. The zero-order valence-corrected chi connectivity index (χ0v) is 14.0. The maximum atomic E-state index is 13.9. The molecular formula is C19H18F2N2O2. The van der Waals surface area contributed by atoms with Gasteiger partial charge >= 0.3 is 0 Å². The molecule has 0 bridgehead atoms. The molecular weight excluding hydrogens is 326 g/mol. The number of carbonyl (C=O) groups excluding carboxylic acids is 2. The number of carbonyl (C=O) groups is 2. The summed E-state index contributed by atoms with van der Waals surface area (Å²) in [6.07, 6.45) is -0.00644. The van der Waals surface area contributed by atoms with Crippen LogP contribution < -0.4 is 10.2 Å². The summed E-state index contributed by atoms with van der Waals surface area (Å²) in [5.74, 6) is -2.75. The van der Waals surface area contributed by atoms with E-state index in [1.807, 2.05) is 32.0 Å². The van der Waals surface area contributed by atoms with Crippen LogP contribution in [0, 0.1) is 31.4 Å². The monoisotopic (exact) mass is 344 g/mol. The van der Waals surface area contributed by atoms with Gasteiger partial charge in [-0.2, -0.15) is 0 Å². The Morgan fingerprint density at radius 3 is 2.64 bits per heavy atom. The first-order valence-corrected chi connectivity index (χ1v) is 7.98. The highest BCUT2D eigenvalue weighted by atomic mass is 19.1. The largest absolute Gasteiger partial charge is 0.326 e. The average Bonchev–Trinajstić information content (AvgIpc) is 2.93. The second kappa shape index (κ2) is 6.63. The lowest BCUT2D eigenvalue weighted by Gasteiger charge is -2.17. The van der Waals surface area contributed by atoms with Crippen LogP contribution in [0.1, 0.15) is 17.5 Å². The molecule has 0 aliphatic carbocycles. The van der Waals surface area contributed by atoms with Crippen LogP contribution in [0.25, 0.3) is 0 Å². The van der Waals surface area contributed by atoms with E-state index in [9.17, 15) is 18.4 Å². The number of anilines is 2. The van der Waals surface area contributed by atoms with Gasteiger partial charge in [0.05, 0.1) is 11.6 Å². The van der Waals surface area contributed by atoms with Gasteiger partial charge in [0.1, 0.15) is 11.6 Å². The SMILES string of the molecule is Cc1ccc(C)c(NC(=O)C2CC(=O)N(c3ccc(F)cc3F)C2)c1. The Balaban J connectivity index is 1.75. The molecule has 1 atom stereocenters. The molecule has 3 rings (SSSR count). The number of rotatable bonds is 3. The van der Waals surface area contributed by atoms with E-state index in [0.717, 1.165) is 23.3 Å². The molecule has 6 heteroatoms. The Labute approximate surface area is 144 Å². The number of nitrogens with one attached hydrogen (secondary N) is 1. The summed E-state index contributed by atoms with van der Waals surface area (Å²) in [6.45, 7) is 3.88. The van der Waals surface area contributed by atoms with Crippen molar-refractivity contribution in [3.05, 3.63) is 59.2 Å². The molecule has 130 valence electrons. The minimum atomic E-state index is -0.816. The van der Waals surface area contributed by atoms with Gasteiger partial charge in [-0.05, 0) is 43.2 Å². The van der Waals surface area contributed by atoms with Crippen molar-refractivity contribution >= 4 is 23.2 Å². The molecule has 1 heterocycles. The Hall–Kier alpha value is -2.76. The summed E-state index contributed by atoms with van der Waals surface area (Å²) in [4.78, 5) is 25.9. The molecule has 1 aliphatic rings. The van der Waals surface area contributed by atoms with E-state index in [1.165, 1.54) is 11.0 Å². The fourth-order valence-corrected chi connectivity index (χ4v) is 2.92. The van der Waals surface area contributed by atoms with E-state index < -0.39 is 17.6 Å². The first-order valence-electron chi connectivity index (χ1n) is 7.98. The highest BCUT2D eigenvalue weighted by Gasteiger charge is 2.36. The molecule has 25 heavy (non-hydrogen) atoms. The van der Waals surface area contributed by atoms with Crippen molar-refractivity contribution in [1.29, 1.82) is 0 Å². The lowest BCUT2D eigenvalue weighted by Crippen LogP contribution is -2.29. The average molecular weight is 344 g/mol. The van der Waals surface area contributed by atoms with Crippen LogP contribution in [0.15, 0.2) is 36.4 Å². The van der Waals surface area contributed by atoms with E-state index in [-0.39, 0.29) is 30.5 Å². The number of halogens is 2. The molecule has 0 radical (unpaired) electrons. The minimum absolute atomic E-state index is 0.00608. The second-order valence-corrected chi connectivity index (χ2v) is 6.31. The van der Waals surface area contributed by atoms with E-state index in [2.05, 4.69) is 5.32 Å². The van der Waals surface area contributed by atoms with Crippen molar-refractivity contribution in [2.75, 3.05) is 16.8 Å². The van der Waals surface area contributed by atoms with Crippen molar-refractivity contribution in [2.45, 2.75) is 20.3 Å². The molecule has 2 aromatic carbocycles. The maximum absolute atomic E-state index is 13.9. The molecule has 1 aliphatic heterocycles. The van der Waals surface area contributed by atoms with Crippen LogP contribution in [0.5, 0.6) is 0 Å². The van der Waals surface area contributed by atoms with E-state index in [0.29, 0.717) is 5.69 Å². The smallest absolute Gasteiger partial charge is 0.229 e. The topological polar surface area (TPSA) is 49.4 Å². The molecule has 0 saturated carbocycles. The highest BCUT2D eigenvalue weighted by molar-refractivity contribution is 6.03. The van der Waals surface area contributed by atoms with Crippen molar-refractivity contribution in [2.24, 2.45) is 5.92 Å². The zero-order chi connectivity index (χ0) is 18.1. The number of hydrogen-bond acceptors (Lipinski definition) is 2. The van der Waals surface area contributed by atoms with Crippen LogP contribution in [0.3, 0.4) is 0 Å². The fourth-order valence-electron chi connectivity index (χ4n) is 2.92. The van der Waals surface area contributed by atoms with Gasteiger partial charge in [0.25, 0.3) is 0 Å². The summed E-state index contributed by atoms with van der Waals surface area (Å²) in [5, 5.41) is 2.84. The van der Waals surface area contributed by atoms with Crippen molar-refractivity contribution in [1.82, 2.24) is 0 Å². The minimum Gasteiger partial charge on any atom is -0.326 e. The molecule has 1 fully saturated rings. The van der Waals surface area contributed by atoms with Crippen molar-refractivity contribution in [3.8, 4) is 0 Å². The second-order valence-electron chi connectivity index (χ2n) is 6.31. The Morgan fingerprint density at radius 1 is 1.16 bits per heavy atom. The maximum Gasteiger partial charge on any atom is 0.229 e. The van der Waals surface area contributed by atoms with Gasteiger partial charge in [0, 0.05) is 24.7 Å². The van der Waals surface area contributed by atoms with Gasteiger partial charge in [0.15, 0.2) is 0 Å². The van der Waals surface area contributed by atoms with Crippen molar-refractivity contribution < 1.29 is 18.4 Å². The third kappa shape index (κ3) is 3.52. The summed E-state index contributed by atoms with van der Waals surface area (Å²) in [6, 6.07) is 8.75. The van der Waals surface area contributed by atoms with Gasteiger partial charge in [0.2, 0.25) is 11.8 Å². The number of hydrogen-bond donors (Lipinski definition) is 1. The predicted molar refractivity (Wildman–Crippen MR) is 91.4 cm³/mol. The van der Waals surface area contributed by atoms with Gasteiger partial charge < -0.3 is 10.2 Å². The molecule has 2 amide bonds. The number of benzene rings is 2. The van der Waals surface area contributed by atoms with Crippen LogP contribution in [0.2, 0.25) is 0 Å². The fraction of sp³-hybridized carbons (Fsp3) is 0.263. The Morgan fingerprint density at radius 2 is 1.92 bits per heavy atom. The van der Waals surface area contributed by atoms with E-state index >= 15 is 0 Å². The normalized spacial score (nSPS) is 17.0. The quantitative estimate of drug-likeness (QED) is 0.925. The zero-order valence-electron chi connectivity index (χ0n) is 14.0. The van der Waals surface area contributed by atoms with Gasteiger partial charge in [-0.1, -0.05) is 12.1 Å². The number of amides is 2. The van der Waals surface area contributed by atoms with Crippen LogP contribution in [-0.2, 0) is 9.59 Å². The third-order valence-electron chi connectivity index (χ3n) is 4.35. The van der Waals surface area contributed by atoms with Gasteiger partial charge in [-0.3, -0.25) is 9.59 Å². The molecule has 1 N–H and O–H groups in total. The molecule has 0 spiro atoms. The molecule has 2 aromatic rings. The molecule has 0 aromatic heterocycles. The standard InChI is InChI=1S/C19H18F2N2O2/c1-11-3-4-12(2)16(7-11)22-19(25)13-8-18(24)23(10-13)17-6-5-14(20)9-15(17)21/h3-7,9,13H,8,10H2,1-2H3,(H,22,25).